The van der Waals surface area contributed by atoms with Gasteiger partial charge >= 0.3 is 6.03 Å². The van der Waals surface area contributed by atoms with Gasteiger partial charge in [-0.25, -0.2) is 9.18 Å². The molecule has 2 aromatic carbocycles. The molecule has 0 spiro atoms. The SMILES string of the molecule is O=C(Nc1ccc(F)cc1)N1CCSc2ccccc21. The Labute approximate surface area is 120 Å². The van der Waals surface area contributed by atoms with Crippen molar-refractivity contribution in [3.05, 3.63) is 54.3 Å². The first-order valence-corrected chi connectivity index (χ1v) is 7.28. The molecule has 0 saturated carbocycles. The fraction of sp³-hybridized carbons (Fsp3) is 0.133. The summed E-state index contributed by atoms with van der Waals surface area (Å²) in [5, 5.41) is 2.79. The summed E-state index contributed by atoms with van der Waals surface area (Å²) in [6, 6.07) is 13.4. The summed E-state index contributed by atoms with van der Waals surface area (Å²) in [6.45, 7) is 0.661. The van der Waals surface area contributed by atoms with Crippen LogP contribution in [0.4, 0.5) is 20.6 Å². The number of urea groups is 1. The summed E-state index contributed by atoms with van der Waals surface area (Å²) in [7, 11) is 0. The molecule has 1 heterocycles. The maximum absolute atomic E-state index is 12.8. The van der Waals surface area contributed by atoms with Crippen molar-refractivity contribution in [1.29, 1.82) is 0 Å². The maximum atomic E-state index is 12.8. The van der Waals surface area contributed by atoms with Gasteiger partial charge in [0.1, 0.15) is 5.82 Å². The van der Waals surface area contributed by atoms with E-state index in [9.17, 15) is 9.18 Å². The number of hydrogen-bond donors (Lipinski definition) is 1. The molecule has 0 radical (unpaired) electrons. The zero-order valence-electron chi connectivity index (χ0n) is 10.7. The minimum Gasteiger partial charge on any atom is -0.308 e. The van der Waals surface area contributed by atoms with Gasteiger partial charge in [0, 0.05) is 22.9 Å². The fourth-order valence-electron chi connectivity index (χ4n) is 2.10. The predicted octanol–water partition coefficient (Wildman–Crippen LogP) is 3.97. The van der Waals surface area contributed by atoms with E-state index in [1.54, 1.807) is 28.8 Å². The van der Waals surface area contributed by atoms with E-state index in [4.69, 9.17) is 0 Å². The van der Waals surface area contributed by atoms with Crippen molar-refractivity contribution >= 4 is 29.2 Å². The van der Waals surface area contributed by atoms with Gasteiger partial charge in [0.25, 0.3) is 0 Å². The van der Waals surface area contributed by atoms with Gasteiger partial charge < -0.3 is 5.32 Å². The third-order valence-electron chi connectivity index (χ3n) is 3.07. The second-order valence-electron chi connectivity index (χ2n) is 4.40. The highest BCUT2D eigenvalue weighted by Gasteiger charge is 2.22. The number of halogens is 1. The van der Waals surface area contributed by atoms with Crippen LogP contribution in [0.3, 0.4) is 0 Å². The number of amides is 2. The van der Waals surface area contributed by atoms with Crippen LogP contribution in [0.5, 0.6) is 0 Å². The standard InChI is InChI=1S/C15H13FN2OS/c16-11-5-7-12(8-6-11)17-15(19)18-9-10-20-14-4-2-1-3-13(14)18/h1-8H,9-10H2,(H,17,19). The maximum Gasteiger partial charge on any atom is 0.326 e. The van der Waals surface area contributed by atoms with Crippen molar-refractivity contribution in [3.8, 4) is 0 Å². The molecule has 102 valence electrons. The van der Waals surface area contributed by atoms with Crippen molar-refractivity contribution in [2.45, 2.75) is 4.90 Å². The Morgan fingerprint density at radius 1 is 1.15 bits per heavy atom. The molecule has 0 aromatic heterocycles. The molecule has 0 aliphatic carbocycles. The summed E-state index contributed by atoms with van der Waals surface area (Å²) in [4.78, 5) is 15.1. The number of hydrogen-bond acceptors (Lipinski definition) is 2. The molecular weight excluding hydrogens is 275 g/mol. The van der Waals surface area contributed by atoms with Gasteiger partial charge in [-0.3, -0.25) is 4.90 Å². The van der Waals surface area contributed by atoms with Crippen molar-refractivity contribution < 1.29 is 9.18 Å². The predicted molar refractivity (Wildman–Crippen MR) is 79.9 cm³/mol. The van der Waals surface area contributed by atoms with E-state index in [0.717, 1.165) is 16.3 Å². The Morgan fingerprint density at radius 2 is 1.90 bits per heavy atom. The van der Waals surface area contributed by atoms with Crippen molar-refractivity contribution in [3.63, 3.8) is 0 Å². The second kappa shape index (κ2) is 5.54. The second-order valence-corrected chi connectivity index (χ2v) is 5.54. The number of nitrogens with one attached hydrogen (secondary N) is 1. The van der Waals surface area contributed by atoms with Crippen LogP contribution >= 0.6 is 11.8 Å². The first-order chi connectivity index (χ1) is 9.74. The number of benzene rings is 2. The molecule has 3 nitrogen and oxygen atoms in total. The Hall–Kier alpha value is -2.01. The third-order valence-corrected chi connectivity index (χ3v) is 4.11. The van der Waals surface area contributed by atoms with Gasteiger partial charge in [0.2, 0.25) is 0 Å². The lowest BCUT2D eigenvalue weighted by molar-refractivity contribution is 0.257. The molecule has 0 bridgehead atoms. The molecule has 2 aromatic rings. The number of carbonyl (C=O) groups excluding carboxylic acids is 1. The summed E-state index contributed by atoms with van der Waals surface area (Å²) in [6.07, 6.45) is 0. The van der Waals surface area contributed by atoms with E-state index in [2.05, 4.69) is 5.32 Å². The van der Waals surface area contributed by atoms with Crippen LogP contribution in [0.1, 0.15) is 0 Å². The van der Waals surface area contributed by atoms with Gasteiger partial charge in [0.05, 0.1) is 5.69 Å². The van der Waals surface area contributed by atoms with Crippen LogP contribution in [0.2, 0.25) is 0 Å². The molecule has 1 aliphatic rings. The zero-order chi connectivity index (χ0) is 13.9. The number of thioether (sulfide) groups is 1. The Balaban J connectivity index is 1.80. The van der Waals surface area contributed by atoms with Crippen LogP contribution in [0, 0.1) is 5.82 Å². The molecule has 3 rings (SSSR count). The molecule has 2 amide bonds. The van der Waals surface area contributed by atoms with Crippen LogP contribution in [0.25, 0.3) is 0 Å². The molecule has 0 unspecified atom stereocenters. The number of anilines is 2. The van der Waals surface area contributed by atoms with Crippen LogP contribution in [0.15, 0.2) is 53.4 Å². The number of fused-ring (bicyclic) bond motifs is 1. The molecule has 0 atom stereocenters. The Morgan fingerprint density at radius 3 is 2.70 bits per heavy atom. The average Bonchev–Trinajstić information content (AvgIpc) is 2.49. The largest absolute Gasteiger partial charge is 0.326 e. The molecular formula is C15H13FN2OS. The number of nitrogens with zero attached hydrogens (tertiary/aromatic N) is 1. The highest BCUT2D eigenvalue weighted by Crippen LogP contribution is 2.34. The van der Waals surface area contributed by atoms with Gasteiger partial charge in [-0.15, -0.1) is 11.8 Å². The highest BCUT2D eigenvalue weighted by molar-refractivity contribution is 7.99. The van der Waals surface area contributed by atoms with E-state index in [-0.39, 0.29) is 11.8 Å². The molecule has 0 saturated heterocycles. The van der Waals surface area contributed by atoms with Gasteiger partial charge in [0.15, 0.2) is 0 Å². The van der Waals surface area contributed by atoms with Crippen molar-refractivity contribution in [1.82, 2.24) is 0 Å². The smallest absolute Gasteiger partial charge is 0.308 e. The van der Waals surface area contributed by atoms with Gasteiger partial charge in [-0.05, 0) is 36.4 Å². The van der Waals surface area contributed by atoms with Crippen molar-refractivity contribution in [2.24, 2.45) is 0 Å². The van der Waals surface area contributed by atoms with Crippen LogP contribution in [-0.2, 0) is 0 Å². The molecule has 20 heavy (non-hydrogen) atoms. The van der Waals surface area contributed by atoms with E-state index in [0.29, 0.717) is 12.2 Å². The van der Waals surface area contributed by atoms with Crippen molar-refractivity contribution in [2.75, 3.05) is 22.5 Å². The van der Waals surface area contributed by atoms with E-state index in [1.807, 2.05) is 24.3 Å². The Kier molecular flexibility index (Phi) is 3.60. The minimum absolute atomic E-state index is 0.190. The number of carbonyl (C=O) groups is 1. The average molecular weight is 288 g/mol. The lowest BCUT2D eigenvalue weighted by Gasteiger charge is -2.29. The normalized spacial score (nSPS) is 13.8. The molecule has 1 N–H and O–H groups in total. The topological polar surface area (TPSA) is 32.3 Å². The quantitative estimate of drug-likeness (QED) is 0.861. The van der Waals surface area contributed by atoms with E-state index < -0.39 is 0 Å². The van der Waals surface area contributed by atoms with Crippen LogP contribution < -0.4 is 10.2 Å². The highest BCUT2D eigenvalue weighted by atomic mass is 32.2. The first-order valence-electron chi connectivity index (χ1n) is 6.30. The lowest BCUT2D eigenvalue weighted by atomic mass is 10.3. The van der Waals surface area contributed by atoms with Gasteiger partial charge in [-0.2, -0.15) is 0 Å². The lowest BCUT2D eigenvalue weighted by Crippen LogP contribution is -2.38. The third kappa shape index (κ3) is 2.63. The molecule has 5 heteroatoms. The summed E-state index contributed by atoms with van der Waals surface area (Å²) >= 11 is 1.75. The summed E-state index contributed by atoms with van der Waals surface area (Å²) in [5.74, 6) is 0.552. The fourth-order valence-corrected chi connectivity index (χ4v) is 3.10. The minimum atomic E-state index is -0.317. The van der Waals surface area contributed by atoms with Gasteiger partial charge in [-0.1, -0.05) is 12.1 Å². The number of para-hydroxylation sites is 1. The summed E-state index contributed by atoms with van der Waals surface area (Å²) in [5.41, 5.74) is 1.51. The summed E-state index contributed by atoms with van der Waals surface area (Å²) < 4.78 is 12.8. The van der Waals surface area contributed by atoms with E-state index in [1.165, 1.54) is 12.1 Å². The zero-order valence-corrected chi connectivity index (χ0v) is 11.5. The van der Waals surface area contributed by atoms with E-state index >= 15 is 0 Å². The first kappa shape index (κ1) is 13.0. The molecule has 0 fully saturated rings. The molecule has 1 aliphatic heterocycles. The Bertz CT molecular complexity index is 630. The number of rotatable bonds is 1. The monoisotopic (exact) mass is 288 g/mol. The van der Waals surface area contributed by atoms with Crippen LogP contribution in [-0.4, -0.2) is 18.3 Å².